The fourth-order valence-electron chi connectivity index (χ4n) is 3.22. The smallest absolute Gasteiger partial charge is 0.255 e. The van der Waals surface area contributed by atoms with Gasteiger partial charge in [-0.25, -0.2) is 13.1 Å². The molecule has 9 heteroatoms. The molecule has 2 N–H and O–H groups in total. The number of aromatic amines is 1. The number of aromatic nitrogens is 2. The van der Waals surface area contributed by atoms with Gasteiger partial charge in [0.15, 0.2) is 0 Å². The Balaban J connectivity index is 1.64. The van der Waals surface area contributed by atoms with Crippen molar-refractivity contribution in [1.29, 1.82) is 0 Å². The van der Waals surface area contributed by atoms with Crippen molar-refractivity contribution in [3.05, 3.63) is 46.2 Å². The number of aryl methyl sites for hydroxylation is 2. The molecule has 1 aromatic heterocycles. The van der Waals surface area contributed by atoms with Crippen molar-refractivity contribution >= 4 is 27.5 Å². The standard InChI is InChI=1S/C17H21ClN4O3S/c1-11-16(12(2)20-19-11)26(24,25)21-13-7-9-22(10-8-13)17(23)14-5-3-4-6-15(14)18/h3-6,13,21H,7-10H2,1-2H3,(H,19,20). The summed E-state index contributed by atoms with van der Waals surface area (Å²) in [6.07, 6.45) is 1.09. The number of amides is 1. The highest BCUT2D eigenvalue weighted by Crippen LogP contribution is 2.22. The van der Waals surface area contributed by atoms with Crippen LogP contribution >= 0.6 is 11.6 Å². The number of rotatable bonds is 4. The number of hydrogen-bond donors (Lipinski definition) is 2. The van der Waals surface area contributed by atoms with Crippen molar-refractivity contribution in [2.75, 3.05) is 13.1 Å². The average Bonchev–Trinajstić information content (AvgIpc) is 2.94. The van der Waals surface area contributed by atoms with E-state index in [2.05, 4.69) is 14.9 Å². The van der Waals surface area contributed by atoms with Gasteiger partial charge in [-0.2, -0.15) is 5.10 Å². The minimum Gasteiger partial charge on any atom is -0.338 e. The zero-order valence-corrected chi connectivity index (χ0v) is 16.2. The van der Waals surface area contributed by atoms with Gasteiger partial charge in [0.05, 0.1) is 22.0 Å². The molecule has 0 radical (unpaired) electrons. The van der Waals surface area contributed by atoms with E-state index in [-0.39, 0.29) is 16.8 Å². The Labute approximate surface area is 157 Å². The molecule has 0 saturated carbocycles. The third-order valence-corrected chi connectivity index (χ3v) is 6.65. The van der Waals surface area contributed by atoms with Crippen LogP contribution in [0.1, 0.15) is 34.6 Å². The molecule has 2 heterocycles. The number of carbonyl (C=O) groups is 1. The van der Waals surface area contributed by atoms with Crippen LogP contribution in [0.15, 0.2) is 29.2 Å². The molecule has 1 fully saturated rings. The number of likely N-dealkylation sites (tertiary alicyclic amines) is 1. The van der Waals surface area contributed by atoms with E-state index < -0.39 is 10.0 Å². The molecule has 0 bridgehead atoms. The average molecular weight is 397 g/mol. The molecule has 1 aromatic carbocycles. The summed E-state index contributed by atoms with van der Waals surface area (Å²) in [6.45, 7) is 4.28. The van der Waals surface area contributed by atoms with Crippen LogP contribution in [0.25, 0.3) is 0 Å². The molecular weight excluding hydrogens is 376 g/mol. The lowest BCUT2D eigenvalue weighted by atomic mass is 10.0. The number of sulfonamides is 1. The van der Waals surface area contributed by atoms with Crippen LogP contribution in [0.2, 0.25) is 5.02 Å². The van der Waals surface area contributed by atoms with Gasteiger partial charge in [-0.1, -0.05) is 23.7 Å². The van der Waals surface area contributed by atoms with Gasteiger partial charge in [0, 0.05) is 19.1 Å². The molecule has 0 unspecified atom stereocenters. The Morgan fingerprint density at radius 1 is 1.27 bits per heavy atom. The summed E-state index contributed by atoms with van der Waals surface area (Å²) in [5.41, 5.74) is 1.43. The third kappa shape index (κ3) is 3.77. The molecule has 7 nitrogen and oxygen atoms in total. The predicted molar refractivity (Wildman–Crippen MR) is 98.8 cm³/mol. The van der Waals surface area contributed by atoms with E-state index in [9.17, 15) is 13.2 Å². The molecule has 3 rings (SSSR count). The van der Waals surface area contributed by atoms with Crippen molar-refractivity contribution < 1.29 is 13.2 Å². The Kier molecular flexibility index (Phi) is 5.36. The number of nitrogens with zero attached hydrogens (tertiary/aromatic N) is 2. The summed E-state index contributed by atoms with van der Waals surface area (Å²) in [5.74, 6) is -0.126. The number of benzene rings is 1. The fourth-order valence-corrected chi connectivity index (χ4v) is 5.11. The predicted octanol–water partition coefficient (Wildman–Crippen LogP) is 2.26. The molecule has 1 saturated heterocycles. The second-order valence-electron chi connectivity index (χ2n) is 6.43. The zero-order chi connectivity index (χ0) is 18.9. The van der Waals surface area contributed by atoms with E-state index in [1.807, 2.05) is 0 Å². The second kappa shape index (κ2) is 7.38. The van der Waals surface area contributed by atoms with Crippen LogP contribution in [0, 0.1) is 13.8 Å². The van der Waals surface area contributed by atoms with Gasteiger partial charge in [-0.15, -0.1) is 0 Å². The maximum Gasteiger partial charge on any atom is 0.255 e. The lowest BCUT2D eigenvalue weighted by Crippen LogP contribution is -2.46. The molecule has 2 aromatic rings. The van der Waals surface area contributed by atoms with Crippen LogP contribution in [0.4, 0.5) is 0 Å². The first-order valence-electron chi connectivity index (χ1n) is 8.37. The monoisotopic (exact) mass is 396 g/mol. The van der Waals surface area contributed by atoms with Crippen LogP contribution in [0.3, 0.4) is 0 Å². The number of H-pyrrole nitrogens is 1. The molecular formula is C17H21ClN4O3S. The zero-order valence-electron chi connectivity index (χ0n) is 14.6. The third-order valence-electron chi connectivity index (χ3n) is 4.54. The van der Waals surface area contributed by atoms with Gasteiger partial charge < -0.3 is 4.90 Å². The summed E-state index contributed by atoms with van der Waals surface area (Å²) < 4.78 is 28.0. The summed E-state index contributed by atoms with van der Waals surface area (Å²) in [4.78, 5) is 14.5. The van der Waals surface area contributed by atoms with E-state index in [0.717, 1.165) is 0 Å². The minimum atomic E-state index is -3.64. The lowest BCUT2D eigenvalue weighted by Gasteiger charge is -2.32. The van der Waals surface area contributed by atoms with Crippen LogP contribution in [-0.4, -0.2) is 48.6 Å². The quantitative estimate of drug-likeness (QED) is 0.828. The topological polar surface area (TPSA) is 95.2 Å². The van der Waals surface area contributed by atoms with Crippen molar-refractivity contribution in [2.24, 2.45) is 0 Å². The van der Waals surface area contributed by atoms with Crippen LogP contribution in [0.5, 0.6) is 0 Å². The van der Waals surface area contributed by atoms with Gasteiger partial charge in [-0.3, -0.25) is 9.89 Å². The highest BCUT2D eigenvalue weighted by molar-refractivity contribution is 7.89. The van der Waals surface area contributed by atoms with E-state index in [4.69, 9.17) is 11.6 Å². The Bertz CT molecular complexity index is 898. The number of piperidine rings is 1. The summed E-state index contributed by atoms with van der Waals surface area (Å²) in [6, 6.07) is 6.72. The van der Waals surface area contributed by atoms with E-state index in [0.29, 0.717) is 47.9 Å². The molecule has 0 spiro atoms. The molecule has 1 amide bonds. The Morgan fingerprint density at radius 3 is 2.50 bits per heavy atom. The Morgan fingerprint density at radius 2 is 1.92 bits per heavy atom. The summed E-state index contributed by atoms with van der Waals surface area (Å²) >= 11 is 6.09. The largest absolute Gasteiger partial charge is 0.338 e. The van der Waals surface area contributed by atoms with Crippen LogP contribution < -0.4 is 4.72 Å². The van der Waals surface area contributed by atoms with Crippen molar-refractivity contribution in [1.82, 2.24) is 19.8 Å². The first kappa shape index (κ1) is 18.9. The van der Waals surface area contributed by atoms with E-state index in [1.54, 1.807) is 43.0 Å². The van der Waals surface area contributed by atoms with Crippen molar-refractivity contribution in [2.45, 2.75) is 37.6 Å². The van der Waals surface area contributed by atoms with E-state index >= 15 is 0 Å². The van der Waals surface area contributed by atoms with Crippen molar-refractivity contribution in [3.63, 3.8) is 0 Å². The number of hydrogen-bond acceptors (Lipinski definition) is 4. The molecule has 140 valence electrons. The van der Waals surface area contributed by atoms with Gasteiger partial charge in [0.1, 0.15) is 4.90 Å². The number of halogens is 1. The minimum absolute atomic E-state index is 0.126. The number of nitrogens with one attached hydrogen (secondary N) is 2. The lowest BCUT2D eigenvalue weighted by molar-refractivity contribution is 0.0711. The second-order valence-corrected chi connectivity index (χ2v) is 8.49. The molecule has 0 atom stereocenters. The Hall–Kier alpha value is -1.90. The molecule has 1 aliphatic heterocycles. The normalized spacial score (nSPS) is 16.0. The highest BCUT2D eigenvalue weighted by atomic mass is 35.5. The fraction of sp³-hybridized carbons (Fsp3) is 0.412. The molecule has 1 aliphatic rings. The highest BCUT2D eigenvalue weighted by Gasteiger charge is 2.30. The van der Waals surface area contributed by atoms with Crippen LogP contribution in [-0.2, 0) is 10.0 Å². The van der Waals surface area contributed by atoms with Gasteiger partial charge in [0.25, 0.3) is 5.91 Å². The maximum absolute atomic E-state index is 12.6. The molecule has 0 aliphatic carbocycles. The van der Waals surface area contributed by atoms with Gasteiger partial charge in [0.2, 0.25) is 10.0 Å². The van der Waals surface area contributed by atoms with E-state index in [1.165, 1.54) is 0 Å². The maximum atomic E-state index is 12.6. The summed E-state index contributed by atoms with van der Waals surface area (Å²) in [5, 5.41) is 7.06. The van der Waals surface area contributed by atoms with Gasteiger partial charge in [-0.05, 0) is 38.8 Å². The first-order valence-corrected chi connectivity index (χ1v) is 10.2. The summed E-state index contributed by atoms with van der Waals surface area (Å²) in [7, 11) is -3.64. The SMILES string of the molecule is Cc1n[nH]c(C)c1S(=O)(=O)NC1CCN(C(=O)c2ccccc2Cl)CC1. The first-order chi connectivity index (χ1) is 12.3. The van der Waals surface area contributed by atoms with Crippen molar-refractivity contribution in [3.8, 4) is 0 Å². The number of carbonyl (C=O) groups excluding carboxylic acids is 1. The van der Waals surface area contributed by atoms with Gasteiger partial charge >= 0.3 is 0 Å². The molecule has 26 heavy (non-hydrogen) atoms.